The van der Waals surface area contributed by atoms with Crippen molar-refractivity contribution in [3.63, 3.8) is 0 Å². The van der Waals surface area contributed by atoms with Gasteiger partial charge in [-0.1, -0.05) is 12.1 Å². The molecule has 5 heteroatoms. The molecule has 0 amide bonds. The van der Waals surface area contributed by atoms with Gasteiger partial charge in [0.1, 0.15) is 5.54 Å². The Hall–Kier alpha value is -1.07. The number of para-hydroxylation sites is 1. The smallest absolute Gasteiger partial charge is 0.329 e. The van der Waals surface area contributed by atoms with Crippen molar-refractivity contribution in [2.75, 3.05) is 11.9 Å². The number of hydrogen-bond acceptors (Lipinski definition) is 3. The highest BCUT2D eigenvalue weighted by molar-refractivity contribution is 9.10. The number of ether oxygens (including phenoxy) is 1. The molecule has 1 heterocycles. The van der Waals surface area contributed by atoms with Crippen LogP contribution in [0.15, 0.2) is 28.7 Å². The summed E-state index contributed by atoms with van der Waals surface area (Å²) >= 11 is 3.42. The number of halogens is 1. The predicted octanol–water partition coefficient (Wildman–Crippen LogP) is 2.88. The fourth-order valence-electron chi connectivity index (χ4n) is 2.27. The van der Waals surface area contributed by atoms with Gasteiger partial charge in [-0.25, -0.2) is 4.79 Å². The van der Waals surface area contributed by atoms with Gasteiger partial charge in [0.15, 0.2) is 0 Å². The first-order valence-corrected chi connectivity index (χ1v) is 6.70. The fourth-order valence-corrected chi connectivity index (χ4v) is 2.65. The minimum atomic E-state index is -0.943. The first-order chi connectivity index (χ1) is 8.53. The summed E-state index contributed by atoms with van der Waals surface area (Å²) in [5, 5.41) is 12.7. The molecule has 0 spiro atoms. The second kappa shape index (κ2) is 5.28. The van der Waals surface area contributed by atoms with E-state index >= 15 is 0 Å². The van der Waals surface area contributed by atoms with Gasteiger partial charge in [-0.2, -0.15) is 0 Å². The predicted molar refractivity (Wildman–Crippen MR) is 72.8 cm³/mol. The van der Waals surface area contributed by atoms with Crippen LogP contribution in [0.25, 0.3) is 0 Å². The molecule has 1 fully saturated rings. The van der Waals surface area contributed by atoms with Gasteiger partial charge in [-0.3, -0.25) is 0 Å². The van der Waals surface area contributed by atoms with Crippen LogP contribution in [-0.4, -0.2) is 29.3 Å². The normalized spacial score (nSPS) is 27.8. The third-order valence-electron chi connectivity index (χ3n) is 3.22. The molecule has 98 valence electrons. The first kappa shape index (κ1) is 13.4. The van der Waals surface area contributed by atoms with Crippen LogP contribution in [0, 0.1) is 0 Å². The van der Waals surface area contributed by atoms with Crippen molar-refractivity contribution in [1.29, 1.82) is 0 Å². The van der Waals surface area contributed by atoms with Gasteiger partial charge in [0.2, 0.25) is 0 Å². The molecule has 0 radical (unpaired) electrons. The van der Waals surface area contributed by atoms with Crippen molar-refractivity contribution < 1.29 is 14.6 Å². The average Bonchev–Trinajstić information content (AvgIpc) is 2.32. The lowest BCUT2D eigenvalue weighted by Crippen LogP contribution is -2.52. The number of aliphatic carboxylic acids is 1. The molecule has 1 aliphatic rings. The summed E-state index contributed by atoms with van der Waals surface area (Å²) in [5.74, 6) is -0.826. The quantitative estimate of drug-likeness (QED) is 0.901. The Kier molecular flexibility index (Phi) is 3.92. The summed E-state index contributed by atoms with van der Waals surface area (Å²) in [4.78, 5) is 11.6. The second-order valence-corrected chi connectivity index (χ2v) is 5.48. The van der Waals surface area contributed by atoms with E-state index in [9.17, 15) is 9.90 Å². The van der Waals surface area contributed by atoms with Crippen molar-refractivity contribution >= 4 is 27.6 Å². The lowest BCUT2D eigenvalue weighted by molar-refractivity contribution is -0.147. The summed E-state index contributed by atoms with van der Waals surface area (Å²) in [6.45, 7) is 2.36. The van der Waals surface area contributed by atoms with E-state index in [2.05, 4.69) is 21.2 Å². The SMILES string of the molecule is CC1CC(Nc2ccccc2Br)(C(=O)O)CCO1. The summed E-state index contributed by atoms with van der Waals surface area (Å²) in [6.07, 6.45) is 0.877. The average molecular weight is 314 g/mol. The van der Waals surface area contributed by atoms with Gasteiger partial charge >= 0.3 is 5.97 Å². The molecule has 2 rings (SSSR count). The lowest BCUT2D eigenvalue weighted by atomic mass is 9.86. The third kappa shape index (κ3) is 2.67. The second-order valence-electron chi connectivity index (χ2n) is 4.63. The van der Waals surface area contributed by atoms with Gasteiger partial charge in [0.05, 0.1) is 6.10 Å². The highest BCUT2D eigenvalue weighted by Crippen LogP contribution is 2.32. The molecule has 1 aliphatic heterocycles. The Labute approximate surface area is 114 Å². The molecule has 1 aromatic rings. The van der Waals surface area contributed by atoms with E-state index in [1.165, 1.54) is 0 Å². The van der Waals surface area contributed by atoms with Crippen LogP contribution in [0.4, 0.5) is 5.69 Å². The Balaban J connectivity index is 2.26. The lowest BCUT2D eigenvalue weighted by Gasteiger charge is -2.38. The molecule has 0 aromatic heterocycles. The summed E-state index contributed by atoms with van der Waals surface area (Å²) < 4.78 is 6.30. The molecule has 0 saturated carbocycles. The van der Waals surface area contributed by atoms with Crippen molar-refractivity contribution in [3.8, 4) is 0 Å². The van der Waals surface area contributed by atoms with E-state index in [1.807, 2.05) is 31.2 Å². The van der Waals surface area contributed by atoms with Crippen LogP contribution in [-0.2, 0) is 9.53 Å². The number of benzene rings is 1. The van der Waals surface area contributed by atoms with E-state index in [1.54, 1.807) is 0 Å². The Morgan fingerprint density at radius 2 is 2.28 bits per heavy atom. The van der Waals surface area contributed by atoms with Gasteiger partial charge in [-0.15, -0.1) is 0 Å². The molecule has 0 bridgehead atoms. The van der Waals surface area contributed by atoms with Crippen LogP contribution >= 0.6 is 15.9 Å². The van der Waals surface area contributed by atoms with Gasteiger partial charge in [0, 0.05) is 29.6 Å². The van der Waals surface area contributed by atoms with Crippen LogP contribution in [0.2, 0.25) is 0 Å². The van der Waals surface area contributed by atoms with E-state index in [-0.39, 0.29) is 6.10 Å². The minimum absolute atomic E-state index is 0.0511. The fraction of sp³-hybridized carbons (Fsp3) is 0.462. The number of rotatable bonds is 3. The Bertz CT molecular complexity index is 452. The molecule has 18 heavy (non-hydrogen) atoms. The molecule has 4 nitrogen and oxygen atoms in total. The number of carbonyl (C=O) groups is 1. The molecule has 1 saturated heterocycles. The van der Waals surface area contributed by atoms with Gasteiger partial charge in [-0.05, 0) is 35.0 Å². The van der Waals surface area contributed by atoms with Gasteiger partial charge in [0.25, 0.3) is 0 Å². The van der Waals surface area contributed by atoms with Crippen molar-refractivity contribution in [2.24, 2.45) is 0 Å². The number of anilines is 1. The topological polar surface area (TPSA) is 58.6 Å². The van der Waals surface area contributed by atoms with Gasteiger partial charge < -0.3 is 15.2 Å². The van der Waals surface area contributed by atoms with E-state index in [4.69, 9.17) is 4.74 Å². The van der Waals surface area contributed by atoms with E-state index < -0.39 is 11.5 Å². The number of nitrogens with one attached hydrogen (secondary N) is 1. The largest absolute Gasteiger partial charge is 0.480 e. The highest BCUT2D eigenvalue weighted by atomic mass is 79.9. The highest BCUT2D eigenvalue weighted by Gasteiger charge is 2.42. The molecule has 0 aliphatic carbocycles. The van der Waals surface area contributed by atoms with Crippen LogP contribution in [0.1, 0.15) is 19.8 Å². The maximum Gasteiger partial charge on any atom is 0.329 e. The summed E-state index contributed by atoms with van der Waals surface area (Å²) in [7, 11) is 0. The van der Waals surface area contributed by atoms with Crippen molar-refractivity contribution in [2.45, 2.75) is 31.4 Å². The molecule has 2 unspecified atom stereocenters. The zero-order valence-corrected chi connectivity index (χ0v) is 11.7. The van der Waals surface area contributed by atoms with E-state index in [0.717, 1.165) is 10.2 Å². The number of carboxylic acid groups (broad SMARTS) is 1. The third-order valence-corrected chi connectivity index (χ3v) is 3.92. The zero-order chi connectivity index (χ0) is 13.2. The summed E-state index contributed by atoms with van der Waals surface area (Å²) in [6, 6.07) is 7.54. The molecule has 2 N–H and O–H groups in total. The van der Waals surface area contributed by atoms with Crippen LogP contribution < -0.4 is 5.32 Å². The van der Waals surface area contributed by atoms with Crippen LogP contribution in [0.3, 0.4) is 0 Å². The summed E-state index contributed by atoms with van der Waals surface area (Å²) in [5.41, 5.74) is -0.143. The van der Waals surface area contributed by atoms with E-state index in [0.29, 0.717) is 19.4 Å². The molecular formula is C13H16BrNO3. The monoisotopic (exact) mass is 313 g/mol. The molecule has 1 aromatic carbocycles. The molecular weight excluding hydrogens is 298 g/mol. The first-order valence-electron chi connectivity index (χ1n) is 5.91. The standard InChI is InChI=1S/C13H16BrNO3/c1-9-8-13(12(16)17,6-7-18-9)15-11-5-3-2-4-10(11)14/h2-5,9,15H,6-8H2,1H3,(H,16,17). The molecule has 2 atom stereocenters. The van der Waals surface area contributed by atoms with Crippen molar-refractivity contribution in [3.05, 3.63) is 28.7 Å². The van der Waals surface area contributed by atoms with Crippen LogP contribution in [0.5, 0.6) is 0 Å². The maximum atomic E-state index is 11.6. The Morgan fingerprint density at radius 3 is 2.89 bits per heavy atom. The number of hydrogen-bond donors (Lipinski definition) is 2. The number of carboxylic acids is 1. The Morgan fingerprint density at radius 1 is 1.56 bits per heavy atom. The minimum Gasteiger partial charge on any atom is -0.480 e. The zero-order valence-electron chi connectivity index (χ0n) is 10.1. The van der Waals surface area contributed by atoms with Crippen molar-refractivity contribution in [1.82, 2.24) is 0 Å². The maximum absolute atomic E-state index is 11.6.